The predicted molar refractivity (Wildman–Crippen MR) is 87.7 cm³/mol. The molecule has 0 saturated carbocycles. The van der Waals surface area contributed by atoms with E-state index in [0.717, 1.165) is 25.9 Å². The van der Waals surface area contributed by atoms with E-state index < -0.39 is 0 Å². The van der Waals surface area contributed by atoms with E-state index in [1.54, 1.807) is 0 Å². The SMILES string of the molecule is NN1CCC(Cc2ccccc2)(Cc2ccccc2)CC1. The average Bonchev–Trinajstić information content (AvgIpc) is 2.52. The molecule has 1 fully saturated rings. The van der Waals surface area contributed by atoms with Crippen LogP contribution in [-0.4, -0.2) is 18.1 Å². The minimum absolute atomic E-state index is 0.346. The molecule has 1 heterocycles. The van der Waals surface area contributed by atoms with Gasteiger partial charge in [-0.3, -0.25) is 5.84 Å². The van der Waals surface area contributed by atoms with Crippen LogP contribution in [0.15, 0.2) is 60.7 Å². The van der Waals surface area contributed by atoms with E-state index in [4.69, 9.17) is 5.84 Å². The molecule has 2 nitrogen and oxygen atoms in total. The van der Waals surface area contributed by atoms with E-state index in [-0.39, 0.29) is 0 Å². The highest BCUT2D eigenvalue weighted by Gasteiger charge is 2.34. The van der Waals surface area contributed by atoms with Gasteiger partial charge in [0.1, 0.15) is 0 Å². The number of hydrogen-bond donors (Lipinski definition) is 1. The zero-order chi connectivity index (χ0) is 14.5. The van der Waals surface area contributed by atoms with Crippen molar-refractivity contribution in [3.63, 3.8) is 0 Å². The second-order valence-corrected chi connectivity index (χ2v) is 6.36. The summed E-state index contributed by atoms with van der Waals surface area (Å²) in [5.41, 5.74) is 3.23. The van der Waals surface area contributed by atoms with Gasteiger partial charge in [-0.15, -0.1) is 0 Å². The van der Waals surface area contributed by atoms with Crippen molar-refractivity contribution in [1.82, 2.24) is 5.01 Å². The molecule has 0 amide bonds. The maximum absolute atomic E-state index is 5.98. The molecule has 0 spiro atoms. The minimum Gasteiger partial charge on any atom is -0.269 e. The molecule has 0 bridgehead atoms. The van der Waals surface area contributed by atoms with Gasteiger partial charge in [0.25, 0.3) is 0 Å². The normalized spacial score (nSPS) is 18.5. The van der Waals surface area contributed by atoms with E-state index in [9.17, 15) is 0 Å². The van der Waals surface area contributed by atoms with Gasteiger partial charge in [0.15, 0.2) is 0 Å². The minimum atomic E-state index is 0.346. The predicted octanol–water partition coefficient (Wildman–Crippen LogP) is 3.43. The maximum Gasteiger partial charge on any atom is 0.0134 e. The lowest BCUT2D eigenvalue weighted by Gasteiger charge is -2.41. The lowest BCUT2D eigenvalue weighted by molar-refractivity contribution is 0.103. The first-order valence-electron chi connectivity index (χ1n) is 7.83. The Labute approximate surface area is 127 Å². The monoisotopic (exact) mass is 280 g/mol. The number of piperidine rings is 1. The van der Waals surface area contributed by atoms with Gasteiger partial charge in [-0.2, -0.15) is 0 Å². The van der Waals surface area contributed by atoms with Gasteiger partial charge in [0.2, 0.25) is 0 Å². The molecule has 1 aliphatic heterocycles. The summed E-state index contributed by atoms with van der Waals surface area (Å²) in [6.45, 7) is 2.00. The van der Waals surface area contributed by atoms with Crippen molar-refractivity contribution in [2.75, 3.05) is 13.1 Å². The highest BCUT2D eigenvalue weighted by Crippen LogP contribution is 2.37. The van der Waals surface area contributed by atoms with Crippen molar-refractivity contribution in [1.29, 1.82) is 0 Å². The molecular formula is C19H24N2. The number of benzene rings is 2. The summed E-state index contributed by atoms with van der Waals surface area (Å²) in [7, 11) is 0. The van der Waals surface area contributed by atoms with Gasteiger partial charge in [-0.05, 0) is 42.2 Å². The molecule has 0 aliphatic carbocycles. The smallest absolute Gasteiger partial charge is 0.0134 e. The first kappa shape index (κ1) is 14.3. The van der Waals surface area contributed by atoms with Crippen molar-refractivity contribution in [2.45, 2.75) is 25.7 Å². The molecule has 110 valence electrons. The fourth-order valence-corrected chi connectivity index (χ4v) is 3.47. The van der Waals surface area contributed by atoms with E-state index in [1.165, 1.54) is 24.0 Å². The van der Waals surface area contributed by atoms with Gasteiger partial charge < -0.3 is 0 Å². The standard InChI is InChI=1S/C19H24N2/c20-21-13-11-19(12-14-21,15-17-7-3-1-4-8-17)16-18-9-5-2-6-10-18/h1-10H,11-16,20H2. The molecule has 2 aromatic carbocycles. The van der Waals surface area contributed by atoms with Crippen LogP contribution in [0.3, 0.4) is 0 Å². The Bertz CT molecular complexity index is 499. The van der Waals surface area contributed by atoms with Crippen LogP contribution in [0, 0.1) is 5.41 Å². The van der Waals surface area contributed by atoms with Crippen LogP contribution in [0.2, 0.25) is 0 Å². The van der Waals surface area contributed by atoms with Gasteiger partial charge >= 0.3 is 0 Å². The maximum atomic E-state index is 5.98. The van der Waals surface area contributed by atoms with E-state index >= 15 is 0 Å². The highest BCUT2D eigenvalue weighted by molar-refractivity contribution is 5.21. The van der Waals surface area contributed by atoms with Crippen molar-refractivity contribution in [3.8, 4) is 0 Å². The van der Waals surface area contributed by atoms with Crippen molar-refractivity contribution in [2.24, 2.45) is 11.3 Å². The molecule has 21 heavy (non-hydrogen) atoms. The Hall–Kier alpha value is -1.64. The Morgan fingerprint density at radius 1 is 0.762 bits per heavy atom. The molecule has 2 aromatic rings. The number of nitrogens with zero attached hydrogens (tertiary/aromatic N) is 1. The third-order valence-corrected chi connectivity index (χ3v) is 4.70. The second-order valence-electron chi connectivity index (χ2n) is 6.36. The van der Waals surface area contributed by atoms with Crippen molar-refractivity contribution < 1.29 is 0 Å². The zero-order valence-electron chi connectivity index (χ0n) is 12.5. The van der Waals surface area contributed by atoms with Gasteiger partial charge in [-0.25, -0.2) is 5.01 Å². The third kappa shape index (κ3) is 3.72. The molecule has 0 radical (unpaired) electrons. The molecule has 2 N–H and O–H groups in total. The Morgan fingerprint density at radius 3 is 1.62 bits per heavy atom. The van der Waals surface area contributed by atoms with Crippen LogP contribution in [0.25, 0.3) is 0 Å². The second kappa shape index (κ2) is 6.42. The lowest BCUT2D eigenvalue weighted by atomic mass is 9.70. The number of rotatable bonds is 4. The molecular weight excluding hydrogens is 256 g/mol. The first-order chi connectivity index (χ1) is 10.3. The fraction of sp³-hybridized carbons (Fsp3) is 0.368. The first-order valence-corrected chi connectivity index (χ1v) is 7.83. The molecule has 0 unspecified atom stereocenters. The summed E-state index contributed by atoms with van der Waals surface area (Å²) >= 11 is 0. The van der Waals surface area contributed by atoms with Crippen LogP contribution < -0.4 is 5.84 Å². The lowest BCUT2D eigenvalue weighted by Crippen LogP contribution is -2.45. The van der Waals surface area contributed by atoms with Crippen LogP contribution in [-0.2, 0) is 12.8 Å². The van der Waals surface area contributed by atoms with Gasteiger partial charge in [0.05, 0.1) is 0 Å². The van der Waals surface area contributed by atoms with Crippen LogP contribution in [0.4, 0.5) is 0 Å². The quantitative estimate of drug-likeness (QED) is 0.869. The van der Waals surface area contributed by atoms with E-state index in [1.807, 2.05) is 5.01 Å². The number of hydrogen-bond acceptors (Lipinski definition) is 2. The van der Waals surface area contributed by atoms with Crippen LogP contribution >= 0.6 is 0 Å². The average molecular weight is 280 g/mol. The largest absolute Gasteiger partial charge is 0.269 e. The molecule has 1 aliphatic rings. The molecule has 1 saturated heterocycles. The summed E-state index contributed by atoms with van der Waals surface area (Å²) in [6.07, 6.45) is 4.65. The summed E-state index contributed by atoms with van der Waals surface area (Å²) < 4.78 is 0. The van der Waals surface area contributed by atoms with Gasteiger partial charge in [-0.1, -0.05) is 60.7 Å². The Balaban J connectivity index is 1.81. The molecule has 3 rings (SSSR count). The fourth-order valence-electron chi connectivity index (χ4n) is 3.47. The Kier molecular flexibility index (Phi) is 4.37. The summed E-state index contributed by atoms with van der Waals surface area (Å²) in [6, 6.07) is 21.8. The van der Waals surface area contributed by atoms with Crippen LogP contribution in [0.5, 0.6) is 0 Å². The number of nitrogens with two attached hydrogens (primary N) is 1. The van der Waals surface area contributed by atoms with Crippen molar-refractivity contribution >= 4 is 0 Å². The summed E-state index contributed by atoms with van der Waals surface area (Å²) in [4.78, 5) is 0. The van der Waals surface area contributed by atoms with E-state index in [2.05, 4.69) is 60.7 Å². The zero-order valence-corrected chi connectivity index (χ0v) is 12.5. The van der Waals surface area contributed by atoms with Crippen molar-refractivity contribution in [3.05, 3.63) is 71.8 Å². The third-order valence-electron chi connectivity index (χ3n) is 4.70. The van der Waals surface area contributed by atoms with E-state index in [0.29, 0.717) is 5.41 Å². The molecule has 2 heteroatoms. The topological polar surface area (TPSA) is 29.3 Å². The van der Waals surface area contributed by atoms with Gasteiger partial charge in [0, 0.05) is 13.1 Å². The highest BCUT2D eigenvalue weighted by atomic mass is 15.4. The Morgan fingerprint density at radius 2 is 1.19 bits per heavy atom. The molecule has 0 aromatic heterocycles. The molecule has 0 atom stereocenters. The number of hydrazine groups is 1. The summed E-state index contributed by atoms with van der Waals surface area (Å²) in [5.74, 6) is 5.98. The summed E-state index contributed by atoms with van der Waals surface area (Å²) in [5, 5.41) is 1.97. The van der Waals surface area contributed by atoms with Crippen LogP contribution in [0.1, 0.15) is 24.0 Å².